The molecule has 0 N–H and O–H groups in total. The van der Waals surface area contributed by atoms with Crippen LogP contribution in [0.1, 0.15) is 16.1 Å². The molecule has 0 atom stereocenters. The van der Waals surface area contributed by atoms with Gasteiger partial charge in [-0.25, -0.2) is 9.97 Å². The number of hydrogen-bond acceptors (Lipinski definition) is 4. The summed E-state index contributed by atoms with van der Waals surface area (Å²) in [5, 5.41) is 0. The van der Waals surface area contributed by atoms with Gasteiger partial charge in [0, 0.05) is 5.56 Å². The van der Waals surface area contributed by atoms with Gasteiger partial charge in [-0.3, -0.25) is 4.79 Å². The molecule has 0 saturated heterocycles. The Labute approximate surface area is 92.9 Å². The molecule has 0 fully saturated rings. The zero-order valence-electron chi connectivity index (χ0n) is 8.75. The minimum Gasteiger partial charge on any atom is -0.493 e. The lowest BCUT2D eigenvalue weighted by atomic mass is 10.1. The van der Waals surface area contributed by atoms with Gasteiger partial charge in [-0.15, -0.1) is 0 Å². The molecule has 16 heavy (non-hydrogen) atoms. The Hall–Kier alpha value is -2.23. The van der Waals surface area contributed by atoms with Crippen molar-refractivity contribution in [1.29, 1.82) is 0 Å². The number of benzene rings is 1. The quantitative estimate of drug-likeness (QED) is 0.730. The molecule has 0 bridgehead atoms. The lowest BCUT2D eigenvalue weighted by Crippen LogP contribution is -2.06. The van der Waals surface area contributed by atoms with Crippen LogP contribution >= 0.6 is 0 Å². The molecular weight excluding hydrogens is 204 g/mol. The van der Waals surface area contributed by atoms with E-state index in [-0.39, 0.29) is 11.5 Å². The van der Waals surface area contributed by atoms with Crippen molar-refractivity contribution in [2.45, 2.75) is 0 Å². The molecule has 0 spiro atoms. The van der Waals surface area contributed by atoms with E-state index in [2.05, 4.69) is 9.97 Å². The molecule has 0 radical (unpaired) electrons. The van der Waals surface area contributed by atoms with Crippen molar-refractivity contribution < 1.29 is 9.53 Å². The summed E-state index contributed by atoms with van der Waals surface area (Å²) in [6.07, 6.45) is 2.81. The summed E-state index contributed by atoms with van der Waals surface area (Å²) in [6.45, 7) is 0. The molecule has 0 amide bonds. The maximum Gasteiger partial charge on any atom is 0.215 e. The van der Waals surface area contributed by atoms with Gasteiger partial charge in [-0.05, 0) is 0 Å². The minimum absolute atomic E-state index is 0.167. The summed E-state index contributed by atoms with van der Waals surface area (Å²) < 4.78 is 5.04. The maximum atomic E-state index is 12.1. The van der Waals surface area contributed by atoms with Crippen LogP contribution in [0.3, 0.4) is 0 Å². The van der Waals surface area contributed by atoms with Crippen molar-refractivity contribution in [3.05, 3.63) is 54.1 Å². The van der Waals surface area contributed by atoms with Gasteiger partial charge >= 0.3 is 0 Å². The number of ketones is 1. The number of ether oxygens (including phenoxy) is 1. The Kier molecular flexibility index (Phi) is 2.91. The first-order valence-electron chi connectivity index (χ1n) is 4.76. The zero-order chi connectivity index (χ0) is 11.4. The van der Waals surface area contributed by atoms with Crippen LogP contribution in [-0.2, 0) is 0 Å². The Morgan fingerprint density at radius 2 is 2.00 bits per heavy atom. The maximum absolute atomic E-state index is 12.1. The second-order valence-corrected chi connectivity index (χ2v) is 3.13. The van der Waals surface area contributed by atoms with Crippen molar-refractivity contribution in [1.82, 2.24) is 9.97 Å². The highest BCUT2D eigenvalue weighted by molar-refractivity contribution is 6.09. The third-order valence-corrected chi connectivity index (χ3v) is 2.15. The predicted octanol–water partition coefficient (Wildman–Crippen LogP) is 1.72. The van der Waals surface area contributed by atoms with Gasteiger partial charge in [0.25, 0.3) is 0 Å². The van der Waals surface area contributed by atoms with Crippen molar-refractivity contribution in [2.24, 2.45) is 0 Å². The van der Waals surface area contributed by atoms with E-state index < -0.39 is 0 Å². The molecule has 2 rings (SSSR count). The molecule has 4 heteroatoms. The Morgan fingerprint density at radius 1 is 1.25 bits per heavy atom. The van der Waals surface area contributed by atoms with Crippen molar-refractivity contribution in [2.75, 3.05) is 7.11 Å². The van der Waals surface area contributed by atoms with Gasteiger partial charge in [0.1, 0.15) is 6.33 Å². The lowest BCUT2D eigenvalue weighted by molar-refractivity contribution is 0.103. The summed E-state index contributed by atoms with van der Waals surface area (Å²) in [5.41, 5.74) is 0.864. The first-order chi connectivity index (χ1) is 7.83. The van der Waals surface area contributed by atoms with Gasteiger partial charge in [0.2, 0.25) is 5.78 Å². The first-order valence-corrected chi connectivity index (χ1v) is 4.76. The fourth-order valence-electron chi connectivity index (χ4n) is 1.36. The second-order valence-electron chi connectivity index (χ2n) is 3.13. The van der Waals surface area contributed by atoms with Gasteiger partial charge in [0.05, 0.1) is 13.3 Å². The topological polar surface area (TPSA) is 52.1 Å². The van der Waals surface area contributed by atoms with Crippen LogP contribution in [0, 0.1) is 0 Å². The summed E-state index contributed by atoms with van der Waals surface area (Å²) in [4.78, 5) is 19.8. The van der Waals surface area contributed by atoms with E-state index in [1.54, 1.807) is 24.3 Å². The van der Waals surface area contributed by atoms with E-state index in [0.29, 0.717) is 11.3 Å². The van der Waals surface area contributed by atoms with Crippen molar-refractivity contribution in [3.63, 3.8) is 0 Å². The first kappa shape index (κ1) is 10.3. The van der Waals surface area contributed by atoms with Crippen LogP contribution < -0.4 is 4.74 Å². The van der Waals surface area contributed by atoms with Gasteiger partial charge in [-0.1, -0.05) is 30.3 Å². The highest BCUT2D eigenvalue weighted by atomic mass is 16.5. The molecule has 0 unspecified atom stereocenters. The molecule has 2 aromatic rings. The number of methoxy groups -OCH3 is 1. The van der Waals surface area contributed by atoms with Crippen LogP contribution in [-0.4, -0.2) is 22.9 Å². The van der Waals surface area contributed by atoms with Crippen LogP contribution in [0.25, 0.3) is 0 Å². The number of rotatable bonds is 3. The lowest BCUT2D eigenvalue weighted by Gasteiger charge is -2.04. The van der Waals surface area contributed by atoms with E-state index in [4.69, 9.17) is 4.74 Å². The highest BCUT2D eigenvalue weighted by Gasteiger charge is 2.15. The molecule has 1 heterocycles. The van der Waals surface area contributed by atoms with Crippen LogP contribution in [0.5, 0.6) is 5.75 Å². The van der Waals surface area contributed by atoms with Crippen LogP contribution in [0.4, 0.5) is 0 Å². The van der Waals surface area contributed by atoms with Gasteiger partial charge in [0.15, 0.2) is 11.4 Å². The van der Waals surface area contributed by atoms with E-state index in [9.17, 15) is 4.79 Å². The van der Waals surface area contributed by atoms with Crippen molar-refractivity contribution in [3.8, 4) is 5.75 Å². The van der Waals surface area contributed by atoms with Crippen molar-refractivity contribution >= 4 is 5.78 Å². The average Bonchev–Trinajstić information content (AvgIpc) is 2.39. The minimum atomic E-state index is -0.167. The molecule has 0 aliphatic heterocycles. The van der Waals surface area contributed by atoms with Gasteiger partial charge in [-0.2, -0.15) is 0 Å². The molecule has 0 aliphatic carbocycles. The van der Waals surface area contributed by atoms with Crippen LogP contribution in [0.15, 0.2) is 42.9 Å². The van der Waals surface area contributed by atoms with E-state index >= 15 is 0 Å². The summed E-state index contributed by atoms with van der Waals surface area (Å²) in [5.74, 6) is 0.219. The molecule has 1 aromatic heterocycles. The van der Waals surface area contributed by atoms with E-state index in [1.807, 2.05) is 6.07 Å². The smallest absolute Gasteiger partial charge is 0.215 e. The van der Waals surface area contributed by atoms with E-state index in [1.165, 1.54) is 19.6 Å². The number of aromatic nitrogens is 2. The summed E-state index contributed by atoms with van der Waals surface area (Å²) in [6, 6.07) is 8.95. The molecule has 0 saturated carbocycles. The zero-order valence-corrected chi connectivity index (χ0v) is 8.75. The largest absolute Gasteiger partial charge is 0.493 e. The SMILES string of the molecule is COc1cncnc1C(=O)c1ccccc1. The fourth-order valence-corrected chi connectivity index (χ4v) is 1.36. The Balaban J connectivity index is 2.42. The standard InChI is InChI=1S/C12H10N2O2/c1-16-10-7-13-8-14-11(10)12(15)9-5-3-2-4-6-9/h2-8H,1H3. The monoisotopic (exact) mass is 214 g/mol. The molecule has 0 aliphatic rings. The molecule has 4 nitrogen and oxygen atoms in total. The third kappa shape index (κ3) is 1.91. The summed E-state index contributed by atoms with van der Waals surface area (Å²) in [7, 11) is 1.49. The Morgan fingerprint density at radius 3 is 2.69 bits per heavy atom. The van der Waals surface area contributed by atoms with Crippen LogP contribution in [0.2, 0.25) is 0 Å². The molecular formula is C12H10N2O2. The normalized spacial score (nSPS) is 9.81. The fraction of sp³-hybridized carbons (Fsp3) is 0.0833. The number of hydrogen-bond donors (Lipinski definition) is 0. The second kappa shape index (κ2) is 4.53. The van der Waals surface area contributed by atoms with Gasteiger partial charge < -0.3 is 4.74 Å². The third-order valence-electron chi connectivity index (χ3n) is 2.15. The Bertz CT molecular complexity index is 497. The number of carbonyl (C=O) groups is 1. The summed E-state index contributed by atoms with van der Waals surface area (Å²) >= 11 is 0. The van der Waals surface area contributed by atoms with E-state index in [0.717, 1.165) is 0 Å². The number of carbonyl (C=O) groups excluding carboxylic acids is 1. The average molecular weight is 214 g/mol. The molecule has 80 valence electrons. The molecule has 1 aromatic carbocycles. The predicted molar refractivity (Wildman–Crippen MR) is 58.5 cm³/mol. The highest BCUT2D eigenvalue weighted by Crippen LogP contribution is 2.17. The number of nitrogens with zero attached hydrogens (tertiary/aromatic N) is 2.